The predicted octanol–water partition coefficient (Wildman–Crippen LogP) is 3.02. The van der Waals surface area contributed by atoms with Crippen molar-refractivity contribution in [2.75, 3.05) is 33.1 Å². The highest BCUT2D eigenvalue weighted by Crippen LogP contribution is 2.49. The van der Waals surface area contributed by atoms with Gasteiger partial charge in [0.25, 0.3) is 0 Å². The monoisotopic (exact) mass is 300 g/mol. The van der Waals surface area contributed by atoms with E-state index in [4.69, 9.17) is 24.3 Å². The molecule has 0 fully saturated rings. The van der Waals surface area contributed by atoms with E-state index in [1.165, 1.54) is 0 Å². The average molecular weight is 300 g/mol. The molecule has 0 aromatic rings. The number of rotatable bonds is 11. The molecule has 20 heavy (non-hydrogen) atoms. The lowest BCUT2D eigenvalue weighted by Gasteiger charge is -2.16. The third-order valence-electron chi connectivity index (χ3n) is 2.27. The third kappa shape index (κ3) is 9.72. The zero-order valence-corrected chi connectivity index (χ0v) is 12.9. The Balaban J connectivity index is 4.37. The van der Waals surface area contributed by atoms with Crippen LogP contribution in [0.5, 0.6) is 0 Å². The van der Waals surface area contributed by atoms with Crippen LogP contribution in [0, 0.1) is 22.7 Å². The summed E-state index contributed by atoms with van der Waals surface area (Å²) in [6, 6.07) is 3.83. The minimum atomic E-state index is -3.24. The molecule has 0 amide bonds. The van der Waals surface area contributed by atoms with Gasteiger partial charge in [-0.15, -0.1) is 0 Å². The molecule has 0 radical (unpaired) electrons. The summed E-state index contributed by atoms with van der Waals surface area (Å²) in [7, 11) is -1.63. The van der Waals surface area contributed by atoms with Crippen LogP contribution < -0.4 is 0 Å². The van der Waals surface area contributed by atoms with Crippen molar-refractivity contribution >= 4 is 7.60 Å². The summed E-state index contributed by atoms with van der Waals surface area (Å²) in [5, 5.41) is 16.9. The van der Waals surface area contributed by atoms with Gasteiger partial charge in [-0.2, -0.15) is 10.5 Å². The smallest absolute Gasteiger partial charge is 0.331 e. The predicted molar refractivity (Wildman–Crippen MR) is 75.1 cm³/mol. The molecular weight excluding hydrogens is 279 g/mol. The minimum Gasteiger partial charge on any atom is -0.380 e. The number of hydrogen-bond donors (Lipinski definition) is 0. The van der Waals surface area contributed by atoms with Crippen molar-refractivity contribution in [3.8, 4) is 12.1 Å². The van der Waals surface area contributed by atoms with Gasteiger partial charge in [-0.3, -0.25) is 4.57 Å². The maximum atomic E-state index is 12.4. The molecule has 112 valence electrons. The number of ether oxygens (including phenoxy) is 1. The molecule has 0 aliphatic rings. The maximum absolute atomic E-state index is 12.4. The first-order valence-corrected chi connectivity index (χ1v) is 8.07. The van der Waals surface area contributed by atoms with E-state index in [-0.39, 0.29) is 32.2 Å². The van der Waals surface area contributed by atoms with Crippen molar-refractivity contribution in [1.82, 2.24) is 0 Å². The minimum absolute atomic E-state index is 0.0705. The molecule has 0 aliphatic heterocycles. The SMILES string of the molecule is COC/C(C)=C/CCP(=O)(OCCC#N)OCCC#N. The van der Waals surface area contributed by atoms with Gasteiger partial charge in [-0.1, -0.05) is 11.6 Å². The van der Waals surface area contributed by atoms with Gasteiger partial charge >= 0.3 is 7.60 Å². The molecule has 0 aromatic heterocycles. The Kier molecular flexibility index (Phi) is 11.0. The Morgan fingerprint density at radius 1 is 1.20 bits per heavy atom. The van der Waals surface area contributed by atoms with Crippen LogP contribution >= 0.6 is 7.60 Å². The number of methoxy groups -OCH3 is 1. The summed E-state index contributed by atoms with van der Waals surface area (Å²) in [6.45, 7) is 2.58. The van der Waals surface area contributed by atoms with Crippen LogP contribution in [-0.4, -0.2) is 33.1 Å². The van der Waals surface area contributed by atoms with Crippen molar-refractivity contribution in [1.29, 1.82) is 10.5 Å². The van der Waals surface area contributed by atoms with Crippen LogP contribution in [0.25, 0.3) is 0 Å². The lowest BCUT2D eigenvalue weighted by atomic mass is 10.3. The second-order valence-electron chi connectivity index (χ2n) is 4.09. The van der Waals surface area contributed by atoms with E-state index in [9.17, 15) is 4.57 Å². The molecule has 0 saturated heterocycles. The fraction of sp³-hybridized carbons (Fsp3) is 0.692. The van der Waals surface area contributed by atoms with Crippen LogP contribution in [0.4, 0.5) is 0 Å². The summed E-state index contributed by atoms with van der Waals surface area (Å²) >= 11 is 0. The molecule has 0 aliphatic carbocycles. The van der Waals surface area contributed by atoms with E-state index in [1.807, 2.05) is 25.1 Å². The van der Waals surface area contributed by atoms with Gasteiger partial charge in [-0.25, -0.2) is 0 Å². The van der Waals surface area contributed by atoms with Crippen LogP contribution in [0.1, 0.15) is 26.2 Å². The van der Waals surface area contributed by atoms with Crippen LogP contribution in [0.3, 0.4) is 0 Å². The molecule has 0 atom stereocenters. The summed E-state index contributed by atoms with van der Waals surface area (Å²) < 4.78 is 27.8. The third-order valence-corrected chi connectivity index (χ3v) is 4.23. The average Bonchev–Trinajstić information content (AvgIpc) is 2.40. The van der Waals surface area contributed by atoms with Gasteiger partial charge < -0.3 is 13.8 Å². The van der Waals surface area contributed by atoms with Crippen molar-refractivity contribution in [3.63, 3.8) is 0 Å². The van der Waals surface area contributed by atoms with E-state index < -0.39 is 7.60 Å². The van der Waals surface area contributed by atoms with Crippen LogP contribution in [-0.2, 0) is 18.3 Å². The van der Waals surface area contributed by atoms with E-state index in [2.05, 4.69) is 0 Å². The molecule has 7 heteroatoms. The summed E-state index contributed by atoms with van der Waals surface area (Å²) in [5.74, 6) is 0. The zero-order chi connectivity index (χ0) is 15.3. The van der Waals surface area contributed by atoms with Crippen LogP contribution in [0.15, 0.2) is 11.6 Å². The van der Waals surface area contributed by atoms with Crippen molar-refractivity contribution in [2.24, 2.45) is 0 Å². The molecule has 0 spiro atoms. The Morgan fingerprint density at radius 2 is 1.75 bits per heavy atom. The fourth-order valence-electron chi connectivity index (χ4n) is 1.38. The van der Waals surface area contributed by atoms with Crippen LogP contribution in [0.2, 0.25) is 0 Å². The Labute approximate surface area is 120 Å². The number of nitrogens with zero attached hydrogens (tertiary/aromatic N) is 2. The molecule has 0 aromatic carbocycles. The molecule has 0 heterocycles. The largest absolute Gasteiger partial charge is 0.380 e. The Hall–Kier alpha value is -1.17. The molecule has 0 bridgehead atoms. The second-order valence-corrected chi connectivity index (χ2v) is 6.27. The van der Waals surface area contributed by atoms with Crippen molar-refractivity contribution in [3.05, 3.63) is 11.6 Å². The second kappa shape index (κ2) is 11.6. The lowest BCUT2D eigenvalue weighted by Crippen LogP contribution is -2.02. The van der Waals surface area contributed by atoms with Gasteiger partial charge in [0.2, 0.25) is 0 Å². The van der Waals surface area contributed by atoms with Gasteiger partial charge in [-0.05, 0) is 13.3 Å². The number of allylic oxidation sites excluding steroid dienone is 1. The summed E-state index contributed by atoms with van der Waals surface area (Å²) in [6.07, 6.45) is 2.99. The quantitative estimate of drug-likeness (QED) is 0.331. The van der Waals surface area contributed by atoms with E-state index in [0.29, 0.717) is 13.0 Å². The lowest BCUT2D eigenvalue weighted by molar-refractivity contribution is 0.210. The first-order valence-electron chi connectivity index (χ1n) is 6.34. The molecule has 0 saturated carbocycles. The summed E-state index contributed by atoms with van der Waals surface area (Å²) in [5.41, 5.74) is 1.04. The highest BCUT2D eigenvalue weighted by Gasteiger charge is 2.23. The number of hydrogen-bond acceptors (Lipinski definition) is 6. The van der Waals surface area contributed by atoms with Gasteiger partial charge in [0.15, 0.2) is 0 Å². The van der Waals surface area contributed by atoms with Gasteiger partial charge in [0.05, 0.1) is 51.0 Å². The van der Waals surface area contributed by atoms with Crippen molar-refractivity contribution < 1.29 is 18.3 Å². The fourth-order valence-corrected chi connectivity index (χ4v) is 2.90. The molecule has 0 rings (SSSR count). The van der Waals surface area contributed by atoms with E-state index in [1.54, 1.807) is 7.11 Å². The van der Waals surface area contributed by atoms with Crippen molar-refractivity contribution in [2.45, 2.75) is 26.2 Å². The first-order chi connectivity index (χ1) is 9.58. The topological polar surface area (TPSA) is 92.3 Å². The zero-order valence-electron chi connectivity index (χ0n) is 12.0. The molecule has 0 unspecified atom stereocenters. The molecule has 0 N–H and O–H groups in total. The van der Waals surface area contributed by atoms with Gasteiger partial charge in [0, 0.05) is 7.11 Å². The maximum Gasteiger partial charge on any atom is 0.331 e. The summed E-state index contributed by atoms with van der Waals surface area (Å²) in [4.78, 5) is 0. The van der Waals surface area contributed by atoms with Gasteiger partial charge in [0.1, 0.15) is 0 Å². The van der Waals surface area contributed by atoms with E-state index >= 15 is 0 Å². The highest BCUT2D eigenvalue weighted by atomic mass is 31.2. The highest BCUT2D eigenvalue weighted by molar-refractivity contribution is 7.53. The number of nitriles is 2. The Bertz CT molecular complexity index is 399. The van der Waals surface area contributed by atoms with E-state index in [0.717, 1.165) is 5.57 Å². The Morgan fingerprint density at radius 3 is 2.20 bits per heavy atom. The normalized spacial score (nSPS) is 11.9. The standard InChI is InChI=1S/C13H21N2O4P/c1-13(12-17-2)6-3-11-20(16,18-9-4-7-14)19-10-5-8-15/h6H,3-5,9-12H2,1-2H3/b13-6+. The first kappa shape index (κ1) is 18.8. The molecule has 6 nitrogen and oxygen atoms in total. The molecular formula is C13H21N2O4P.